The van der Waals surface area contributed by atoms with Crippen LogP contribution in [0.1, 0.15) is 47.4 Å². The number of esters is 2. The predicted octanol–water partition coefficient (Wildman–Crippen LogP) is 5.83. The Morgan fingerprint density at radius 1 is 0.667 bits per heavy atom. The van der Waals surface area contributed by atoms with Crippen molar-refractivity contribution in [1.82, 2.24) is 0 Å². The number of rotatable bonds is 9. The van der Waals surface area contributed by atoms with Gasteiger partial charge < -0.3 is 20.1 Å². The van der Waals surface area contributed by atoms with Crippen molar-refractivity contribution < 1.29 is 28.7 Å². The van der Waals surface area contributed by atoms with Gasteiger partial charge in [0.15, 0.2) is 0 Å². The lowest BCUT2D eigenvalue weighted by Gasteiger charge is -2.08. The van der Waals surface area contributed by atoms with Crippen LogP contribution in [-0.4, -0.2) is 37.0 Å². The molecule has 4 aromatic rings. The normalized spacial score (nSPS) is 10.8. The van der Waals surface area contributed by atoms with Crippen LogP contribution < -0.4 is 10.6 Å². The summed E-state index contributed by atoms with van der Waals surface area (Å²) in [6, 6.07) is 14.6. The van der Waals surface area contributed by atoms with Crippen molar-refractivity contribution in [3.8, 4) is 0 Å². The molecule has 0 aliphatic carbocycles. The van der Waals surface area contributed by atoms with Crippen LogP contribution in [0.4, 0.5) is 10.0 Å². The minimum atomic E-state index is -0.515. The second-order valence-corrected chi connectivity index (χ2v) is 9.75. The summed E-state index contributed by atoms with van der Waals surface area (Å²) in [6.45, 7) is 3.85. The van der Waals surface area contributed by atoms with Gasteiger partial charge in [-0.25, -0.2) is 9.59 Å². The zero-order valence-corrected chi connectivity index (χ0v) is 21.3. The summed E-state index contributed by atoms with van der Waals surface area (Å²) >= 11 is 2.54. The highest BCUT2D eigenvalue weighted by molar-refractivity contribution is 7.24. The highest BCUT2D eigenvalue weighted by Gasteiger charge is 2.23. The van der Waals surface area contributed by atoms with E-state index in [1.165, 1.54) is 22.7 Å². The molecule has 10 heteroatoms. The topological polar surface area (TPSA) is 111 Å². The molecule has 0 bridgehead atoms. The Hall–Kier alpha value is -3.76. The third kappa shape index (κ3) is 5.39. The number of thiophene rings is 2. The molecule has 2 N–H and O–H groups in total. The van der Waals surface area contributed by atoms with Gasteiger partial charge in [-0.1, -0.05) is 36.4 Å². The summed E-state index contributed by atoms with van der Waals surface area (Å²) in [5.41, 5.74) is 0.610. The summed E-state index contributed by atoms with van der Waals surface area (Å²) in [5, 5.41) is 7.67. The molecular weight excluding hydrogens is 500 g/mol. The number of benzene rings is 2. The fourth-order valence-electron chi connectivity index (χ4n) is 3.68. The Kier molecular flexibility index (Phi) is 7.97. The van der Waals surface area contributed by atoms with Gasteiger partial charge in [-0.2, -0.15) is 0 Å². The fraction of sp³-hybridized carbons (Fsp3) is 0.231. The zero-order chi connectivity index (χ0) is 25.7. The van der Waals surface area contributed by atoms with E-state index in [4.69, 9.17) is 9.47 Å². The molecule has 0 aliphatic heterocycles. The molecule has 2 amide bonds. The summed E-state index contributed by atoms with van der Waals surface area (Å²) in [7, 11) is 0. The van der Waals surface area contributed by atoms with Crippen molar-refractivity contribution >= 4 is 76.6 Å². The van der Waals surface area contributed by atoms with Crippen LogP contribution in [0.25, 0.3) is 20.2 Å². The number of hydrogen-bond donors (Lipinski definition) is 2. The number of amides is 2. The molecule has 0 radical (unpaired) electrons. The third-order valence-electron chi connectivity index (χ3n) is 5.24. The molecule has 0 atom stereocenters. The molecule has 2 aromatic carbocycles. The van der Waals surface area contributed by atoms with Gasteiger partial charge in [0.25, 0.3) is 0 Å². The number of fused-ring (bicyclic) bond motifs is 2. The number of ether oxygens (including phenoxy) is 2. The first-order chi connectivity index (χ1) is 17.4. The second-order valence-electron chi connectivity index (χ2n) is 7.64. The first-order valence-electron chi connectivity index (χ1n) is 11.4. The maximum absolute atomic E-state index is 12.7. The number of anilines is 2. The number of nitrogens with one attached hydrogen (secondary N) is 2. The standard InChI is InChI=1S/C26H24N2O6S2/c1-3-33-25(31)21-15-9-5-7-11-17(15)35-23(21)27-19(29)13-14-20(30)28-24-22(26(32)34-4-2)16-10-6-8-12-18(16)36-24/h5-12H,3-4,13-14H2,1-2H3,(H,27,29)(H,28,30). The first-order valence-corrected chi connectivity index (χ1v) is 13.0. The van der Waals surface area contributed by atoms with Crippen LogP contribution in [0.15, 0.2) is 48.5 Å². The molecule has 8 nitrogen and oxygen atoms in total. The van der Waals surface area contributed by atoms with E-state index < -0.39 is 23.8 Å². The van der Waals surface area contributed by atoms with Crippen LogP contribution in [0.5, 0.6) is 0 Å². The lowest BCUT2D eigenvalue weighted by atomic mass is 10.1. The highest BCUT2D eigenvalue weighted by atomic mass is 32.1. The number of hydrogen-bond acceptors (Lipinski definition) is 8. The first kappa shape index (κ1) is 25.3. The minimum absolute atomic E-state index is 0.109. The summed E-state index contributed by atoms with van der Waals surface area (Å²) in [4.78, 5) is 50.4. The molecule has 0 saturated heterocycles. The second kappa shape index (κ2) is 11.3. The molecule has 0 saturated carbocycles. The van der Waals surface area contributed by atoms with E-state index in [2.05, 4.69) is 10.6 Å². The van der Waals surface area contributed by atoms with Crippen LogP contribution >= 0.6 is 22.7 Å². The lowest BCUT2D eigenvalue weighted by molar-refractivity contribution is -0.121. The van der Waals surface area contributed by atoms with Crippen molar-refractivity contribution in [2.75, 3.05) is 23.8 Å². The Labute approximate surface area is 215 Å². The summed E-state index contributed by atoms with van der Waals surface area (Å²) < 4.78 is 12.0. The average Bonchev–Trinajstić information content (AvgIpc) is 3.40. The lowest BCUT2D eigenvalue weighted by Crippen LogP contribution is -2.18. The van der Waals surface area contributed by atoms with Crippen molar-refractivity contribution in [3.63, 3.8) is 0 Å². The fourth-order valence-corrected chi connectivity index (χ4v) is 5.90. The number of carbonyl (C=O) groups excluding carboxylic acids is 4. The van der Waals surface area contributed by atoms with Gasteiger partial charge in [0.1, 0.15) is 21.1 Å². The largest absolute Gasteiger partial charge is 0.462 e. The molecule has 186 valence electrons. The molecule has 4 rings (SSSR count). The van der Waals surface area contributed by atoms with E-state index >= 15 is 0 Å². The van der Waals surface area contributed by atoms with Crippen LogP contribution in [-0.2, 0) is 19.1 Å². The van der Waals surface area contributed by atoms with Gasteiger partial charge >= 0.3 is 11.9 Å². The van der Waals surface area contributed by atoms with E-state index in [1.54, 1.807) is 26.0 Å². The van der Waals surface area contributed by atoms with E-state index in [-0.39, 0.29) is 26.1 Å². The van der Waals surface area contributed by atoms with Crippen molar-refractivity contribution in [2.45, 2.75) is 26.7 Å². The Morgan fingerprint density at radius 3 is 1.44 bits per heavy atom. The molecule has 0 aliphatic rings. The average molecular weight is 525 g/mol. The molecule has 0 fully saturated rings. The van der Waals surface area contributed by atoms with E-state index in [0.29, 0.717) is 31.9 Å². The highest BCUT2D eigenvalue weighted by Crippen LogP contribution is 2.37. The van der Waals surface area contributed by atoms with E-state index in [1.807, 2.05) is 36.4 Å². The zero-order valence-electron chi connectivity index (χ0n) is 19.7. The number of carbonyl (C=O) groups is 4. The molecule has 2 heterocycles. The van der Waals surface area contributed by atoms with Crippen molar-refractivity contribution in [2.24, 2.45) is 0 Å². The van der Waals surface area contributed by atoms with E-state index in [0.717, 1.165) is 9.40 Å². The quantitative estimate of drug-likeness (QED) is 0.267. The van der Waals surface area contributed by atoms with Crippen LogP contribution in [0.2, 0.25) is 0 Å². The summed E-state index contributed by atoms with van der Waals surface area (Å²) in [5.74, 6) is -1.85. The van der Waals surface area contributed by atoms with Crippen LogP contribution in [0.3, 0.4) is 0 Å². The third-order valence-corrected chi connectivity index (χ3v) is 7.41. The Morgan fingerprint density at radius 2 is 1.06 bits per heavy atom. The smallest absolute Gasteiger partial charge is 0.341 e. The van der Waals surface area contributed by atoms with Gasteiger partial charge in [-0.15, -0.1) is 22.7 Å². The monoisotopic (exact) mass is 524 g/mol. The molecule has 0 unspecified atom stereocenters. The molecule has 0 spiro atoms. The van der Waals surface area contributed by atoms with Gasteiger partial charge in [0, 0.05) is 33.0 Å². The van der Waals surface area contributed by atoms with E-state index in [9.17, 15) is 19.2 Å². The van der Waals surface area contributed by atoms with Gasteiger partial charge in [0.05, 0.1) is 13.2 Å². The van der Waals surface area contributed by atoms with Gasteiger partial charge in [0.2, 0.25) is 11.8 Å². The van der Waals surface area contributed by atoms with Crippen LogP contribution in [0, 0.1) is 0 Å². The Balaban J connectivity index is 1.45. The van der Waals surface area contributed by atoms with Crippen molar-refractivity contribution in [1.29, 1.82) is 0 Å². The maximum Gasteiger partial charge on any atom is 0.341 e. The van der Waals surface area contributed by atoms with Crippen molar-refractivity contribution in [3.05, 3.63) is 59.7 Å². The minimum Gasteiger partial charge on any atom is -0.462 e. The predicted molar refractivity (Wildman–Crippen MR) is 142 cm³/mol. The molecule has 2 aromatic heterocycles. The summed E-state index contributed by atoms with van der Waals surface area (Å²) in [6.07, 6.45) is -0.218. The molecular formula is C26H24N2O6S2. The maximum atomic E-state index is 12.7. The SMILES string of the molecule is CCOC(=O)c1c(NC(=O)CCC(=O)Nc2sc3ccccc3c2C(=O)OCC)sc2ccccc12. The Bertz CT molecular complexity index is 1350. The van der Waals surface area contributed by atoms with Gasteiger partial charge in [-0.3, -0.25) is 9.59 Å². The molecule has 36 heavy (non-hydrogen) atoms. The van der Waals surface area contributed by atoms with Gasteiger partial charge in [-0.05, 0) is 26.0 Å².